The van der Waals surface area contributed by atoms with E-state index in [9.17, 15) is 5.11 Å². The van der Waals surface area contributed by atoms with Crippen molar-refractivity contribution >= 4 is 0 Å². The molecule has 0 aromatic rings. The van der Waals surface area contributed by atoms with Crippen LogP contribution in [0.4, 0.5) is 0 Å². The molecule has 2 atom stereocenters. The van der Waals surface area contributed by atoms with Crippen LogP contribution in [0.1, 0.15) is 78.1 Å². The first-order valence-corrected chi connectivity index (χ1v) is 7.86. The Morgan fingerprint density at radius 1 is 1.00 bits per heavy atom. The summed E-state index contributed by atoms with van der Waals surface area (Å²) in [4.78, 5) is 0. The quantitative estimate of drug-likeness (QED) is 0.701. The predicted octanol–water partition coefficient (Wildman–Crippen LogP) is 4.53. The molecule has 0 aliphatic heterocycles. The molecule has 0 aromatic heterocycles. The Morgan fingerprint density at radius 2 is 1.71 bits per heavy atom. The first-order valence-electron chi connectivity index (χ1n) is 7.86. The van der Waals surface area contributed by atoms with Crippen LogP contribution in [-0.2, 0) is 0 Å². The molecule has 0 saturated heterocycles. The van der Waals surface area contributed by atoms with Gasteiger partial charge in [-0.05, 0) is 49.9 Å². The van der Waals surface area contributed by atoms with E-state index in [1.807, 2.05) is 0 Å². The van der Waals surface area contributed by atoms with Crippen molar-refractivity contribution in [3.8, 4) is 0 Å². The lowest BCUT2D eigenvalue weighted by Crippen LogP contribution is -2.39. The van der Waals surface area contributed by atoms with E-state index in [0.29, 0.717) is 5.92 Å². The number of rotatable bonds is 2. The molecule has 0 amide bonds. The van der Waals surface area contributed by atoms with Crippen LogP contribution in [0.2, 0.25) is 0 Å². The molecule has 0 heterocycles. The van der Waals surface area contributed by atoms with Gasteiger partial charge in [-0.25, -0.2) is 0 Å². The topological polar surface area (TPSA) is 20.2 Å². The molecule has 100 valence electrons. The van der Waals surface area contributed by atoms with Gasteiger partial charge in [0.2, 0.25) is 0 Å². The zero-order valence-electron chi connectivity index (χ0n) is 11.8. The highest BCUT2D eigenvalue weighted by atomic mass is 16.3. The maximum absolute atomic E-state index is 11.0. The molecular formula is C16H30O. The lowest BCUT2D eigenvalue weighted by atomic mass is 9.70. The van der Waals surface area contributed by atoms with Crippen molar-refractivity contribution in [3.05, 3.63) is 0 Å². The van der Waals surface area contributed by atoms with E-state index in [1.165, 1.54) is 51.4 Å². The van der Waals surface area contributed by atoms with Crippen molar-refractivity contribution in [2.75, 3.05) is 0 Å². The van der Waals surface area contributed by atoms with Crippen LogP contribution in [0.3, 0.4) is 0 Å². The summed E-state index contributed by atoms with van der Waals surface area (Å²) in [5.41, 5.74) is -0.302. The van der Waals surface area contributed by atoms with Gasteiger partial charge < -0.3 is 5.11 Å². The van der Waals surface area contributed by atoms with Crippen LogP contribution in [0, 0.1) is 17.8 Å². The van der Waals surface area contributed by atoms with E-state index < -0.39 is 0 Å². The fourth-order valence-electron chi connectivity index (χ4n) is 4.04. The SMILES string of the molecule is CCC1CCC(C2(O)CCCC(C)CC2)CC1. The summed E-state index contributed by atoms with van der Waals surface area (Å²) >= 11 is 0. The van der Waals surface area contributed by atoms with Crippen LogP contribution < -0.4 is 0 Å². The molecule has 2 aliphatic rings. The standard InChI is InChI=1S/C16H30O/c1-3-14-6-8-15(9-7-14)16(17)11-4-5-13(2)10-12-16/h13-15,17H,3-12H2,1-2H3. The number of aliphatic hydroxyl groups is 1. The molecule has 2 aliphatic carbocycles. The first-order chi connectivity index (χ1) is 8.14. The minimum atomic E-state index is -0.302. The Balaban J connectivity index is 1.91. The van der Waals surface area contributed by atoms with Gasteiger partial charge in [-0.2, -0.15) is 0 Å². The van der Waals surface area contributed by atoms with Gasteiger partial charge in [0.05, 0.1) is 5.60 Å². The van der Waals surface area contributed by atoms with Crippen molar-refractivity contribution in [2.24, 2.45) is 17.8 Å². The van der Waals surface area contributed by atoms with E-state index in [2.05, 4.69) is 13.8 Å². The minimum Gasteiger partial charge on any atom is -0.390 e. The third-order valence-electron chi connectivity index (χ3n) is 5.56. The van der Waals surface area contributed by atoms with Crippen molar-refractivity contribution < 1.29 is 5.11 Å². The predicted molar refractivity (Wildman–Crippen MR) is 72.9 cm³/mol. The molecule has 0 spiro atoms. The van der Waals surface area contributed by atoms with E-state index >= 15 is 0 Å². The molecule has 0 bridgehead atoms. The Morgan fingerprint density at radius 3 is 2.35 bits per heavy atom. The highest BCUT2D eigenvalue weighted by Gasteiger charge is 2.39. The largest absolute Gasteiger partial charge is 0.390 e. The van der Waals surface area contributed by atoms with Gasteiger partial charge >= 0.3 is 0 Å². The van der Waals surface area contributed by atoms with Crippen molar-refractivity contribution in [2.45, 2.75) is 83.7 Å². The molecule has 1 nitrogen and oxygen atoms in total. The second-order valence-corrected chi connectivity index (χ2v) is 6.77. The van der Waals surface area contributed by atoms with Crippen molar-refractivity contribution in [1.82, 2.24) is 0 Å². The molecule has 2 saturated carbocycles. The second-order valence-electron chi connectivity index (χ2n) is 6.77. The van der Waals surface area contributed by atoms with Gasteiger partial charge in [0.25, 0.3) is 0 Å². The number of hydrogen-bond donors (Lipinski definition) is 1. The summed E-state index contributed by atoms with van der Waals surface area (Å²) in [6, 6.07) is 0. The highest BCUT2D eigenvalue weighted by molar-refractivity contribution is 4.91. The van der Waals surface area contributed by atoms with E-state index in [1.54, 1.807) is 0 Å². The van der Waals surface area contributed by atoms with Crippen LogP contribution in [-0.4, -0.2) is 10.7 Å². The van der Waals surface area contributed by atoms with Gasteiger partial charge in [0.15, 0.2) is 0 Å². The molecule has 1 heteroatoms. The summed E-state index contributed by atoms with van der Waals surface area (Å²) in [5, 5.41) is 11.0. The average Bonchev–Trinajstić information content (AvgIpc) is 2.53. The van der Waals surface area contributed by atoms with Crippen LogP contribution >= 0.6 is 0 Å². The molecule has 0 aromatic carbocycles. The average molecular weight is 238 g/mol. The normalized spacial score (nSPS) is 44.3. The van der Waals surface area contributed by atoms with Gasteiger partial charge in [-0.3, -0.25) is 0 Å². The fraction of sp³-hybridized carbons (Fsp3) is 1.00. The molecule has 2 fully saturated rings. The summed E-state index contributed by atoms with van der Waals surface area (Å²) in [6.07, 6.45) is 12.6. The second kappa shape index (κ2) is 5.73. The molecule has 0 radical (unpaired) electrons. The Hall–Kier alpha value is -0.0400. The molecule has 2 unspecified atom stereocenters. The van der Waals surface area contributed by atoms with Crippen LogP contribution in [0.15, 0.2) is 0 Å². The summed E-state index contributed by atoms with van der Waals surface area (Å²) in [5.74, 6) is 2.38. The van der Waals surface area contributed by atoms with E-state index in [0.717, 1.165) is 24.7 Å². The third-order valence-corrected chi connectivity index (χ3v) is 5.56. The fourth-order valence-corrected chi connectivity index (χ4v) is 4.04. The van der Waals surface area contributed by atoms with Crippen molar-refractivity contribution in [1.29, 1.82) is 0 Å². The molecular weight excluding hydrogens is 208 g/mol. The molecule has 17 heavy (non-hydrogen) atoms. The minimum absolute atomic E-state index is 0.302. The summed E-state index contributed by atoms with van der Waals surface area (Å²) in [7, 11) is 0. The smallest absolute Gasteiger partial charge is 0.0675 e. The number of hydrogen-bond acceptors (Lipinski definition) is 1. The van der Waals surface area contributed by atoms with Crippen molar-refractivity contribution in [3.63, 3.8) is 0 Å². The summed E-state index contributed by atoms with van der Waals surface area (Å²) < 4.78 is 0. The lowest BCUT2D eigenvalue weighted by Gasteiger charge is -2.40. The Kier molecular flexibility index (Phi) is 4.52. The first kappa shape index (κ1) is 13.4. The van der Waals surface area contributed by atoms with Gasteiger partial charge in [-0.1, -0.05) is 46.0 Å². The van der Waals surface area contributed by atoms with Gasteiger partial charge in [0.1, 0.15) is 0 Å². The Bertz CT molecular complexity index is 230. The van der Waals surface area contributed by atoms with Crippen LogP contribution in [0.5, 0.6) is 0 Å². The van der Waals surface area contributed by atoms with E-state index in [-0.39, 0.29) is 5.60 Å². The monoisotopic (exact) mass is 238 g/mol. The molecule has 2 rings (SSSR count). The molecule has 1 N–H and O–H groups in total. The zero-order chi connectivity index (χ0) is 12.3. The van der Waals surface area contributed by atoms with E-state index in [4.69, 9.17) is 0 Å². The Labute approximate surface area is 107 Å². The van der Waals surface area contributed by atoms with Gasteiger partial charge in [-0.15, -0.1) is 0 Å². The van der Waals surface area contributed by atoms with Crippen LogP contribution in [0.25, 0.3) is 0 Å². The lowest BCUT2D eigenvalue weighted by molar-refractivity contribution is -0.0508. The maximum atomic E-state index is 11.0. The van der Waals surface area contributed by atoms with Gasteiger partial charge in [0, 0.05) is 0 Å². The third kappa shape index (κ3) is 3.24. The summed E-state index contributed by atoms with van der Waals surface area (Å²) in [6.45, 7) is 4.66. The zero-order valence-corrected chi connectivity index (χ0v) is 11.8. The highest BCUT2D eigenvalue weighted by Crippen LogP contribution is 2.43. The maximum Gasteiger partial charge on any atom is 0.0675 e.